The van der Waals surface area contributed by atoms with E-state index in [2.05, 4.69) is 58.7 Å². The summed E-state index contributed by atoms with van der Waals surface area (Å²) in [6.45, 7) is 3.62. The number of hydrogen-bond acceptors (Lipinski definition) is 4. The maximum atomic E-state index is 13.0. The highest BCUT2D eigenvalue weighted by Gasteiger charge is 2.26. The number of rotatable bonds is 3. The van der Waals surface area contributed by atoms with E-state index in [1.54, 1.807) is 6.07 Å². The van der Waals surface area contributed by atoms with Gasteiger partial charge in [0.1, 0.15) is 0 Å². The molecule has 1 unspecified atom stereocenters. The lowest BCUT2D eigenvalue weighted by Crippen LogP contribution is -2.40. The molecule has 5 heteroatoms. The number of benzene rings is 3. The maximum Gasteiger partial charge on any atom is 0.241 e. The van der Waals surface area contributed by atoms with E-state index in [1.807, 2.05) is 19.1 Å². The Morgan fingerprint density at radius 1 is 0.897 bits per heavy atom. The highest BCUT2D eigenvalue weighted by molar-refractivity contribution is 5.95. The van der Waals surface area contributed by atoms with E-state index in [0.717, 1.165) is 13.1 Å². The second-order valence-electron chi connectivity index (χ2n) is 7.45. The van der Waals surface area contributed by atoms with Gasteiger partial charge in [0.05, 0.1) is 6.04 Å². The van der Waals surface area contributed by atoms with Gasteiger partial charge in [-0.3, -0.25) is 9.69 Å². The van der Waals surface area contributed by atoms with Crippen molar-refractivity contribution in [1.82, 2.24) is 4.90 Å². The van der Waals surface area contributed by atoms with Crippen molar-refractivity contribution in [3.8, 4) is 22.6 Å². The summed E-state index contributed by atoms with van der Waals surface area (Å²) in [6.07, 6.45) is 0. The number of ether oxygens (including phenoxy) is 2. The number of nitrogens with zero attached hydrogens (tertiary/aromatic N) is 1. The summed E-state index contributed by atoms with van der Waals surface area (Å²) in [5, 5.41) is 3.02. The van der Waals surface area contributed by atoms with E-state index in [-0.39, 0.29) is 18.7 Å². The lowest BCUT2D eigenvalue weighted by Gasteiger charge is -2.27. The highest BCUT2D eigenvalue weighted by atomic mass is 16.7. The van der Waals surface area contributed by atoms with Crippen LogP contribution >= 0.6 is 0 Å². The minimum absolute atomic E-state index is 0.0410. The Hall–Kier alpha value is -3.31. The third-order valence-electron chi connectivity index (χ3n) is 5.64. The molecule has 3 aromatic carbocycles. The first-order chi connectivity index (χ1) is 14.2. The van der Waals surface area contributed by atoms with Gasteiger partial charge in [-0.15, -0.1) is 0 Å². The predicted octanol–water partition coefficient (Wildman–Crippen LogP) is 4.43. The molecule has 1 amide bonds. The Bertz CT molecular complexity index is 1030. The number of anilines is 1. The summed E-state index contributed by atoms with van der Waals surface area (Å²) in [7, 11) is 0. The van der Waals surface area contributed by atoms with Crippen LogP contribution in [0.2, 0.25) is 0 Å². The van der Waals surface area contributed by atoms with Crippen LogP contribution in [0, 0.1) is 0 Å². The third kappa shape index (κ3) is 3.34. The van der Waals surface area contributed by atoms with Crippen LogP contribution in [0.5, 0.6) is 11.5 Å². The Balaban J connectivity index is 1.40. The van der Waals surface area contributed by atoms with Gasteiger partial charge in [-0.2, -0.15) is 0 Å². The molecule has 5 nitrogen and oxygen atoms in total. The topological polar surface area (TPSA) is 50.8 Å². The molecule has 3 aromatic rings. The van der Waals surface area contributed by atoms with Crippen LogP contribution in [0.3, 0.4) is 0 Å². The van der Waals surface area contributed by atoms with Crippen LogP contribution in [0.15, 0.2) is 66.7 Å². The fourth-order valence-electron chi connectivity index (χ4n) is 4.00. The Morgan fingerprint density at radius 2 is 1.52 bits per heavy atom. The summed E-state index contributed by atoms with van der Waals surface area (Å²) in [5.41, 5.74) is 5.67. The number of amides is 1. The van der Waals surface area contributed by atoms with Crippen molar-refractivity contribution in [3.63, 3.8) is 0 Å². The summed E-state index contributed by atoms with van der Waals surface area (Å²) in [5.74, 6) is 1.32. The zero-order chi connectivity index (χ0) is 19.8. The molecular weight excluding hydrogens is 364 g/mol. The molecule has 0 fully saturated rings. The minimum Gasteiger partial charge on any atom is -0.454 e. The number of nitrogens with one attached hydrogen (secondary N) is 1. The van der Waals surface area contributed by atoms with Crippen LogP contribution in [0.25, 0.3) is 11.1 Å². The molecule has 0 saturated carbocycles. The smallest absolute Gasteiger partial charge is 0.241 e. The number of carbonyl (C=O) groups is 1. The first-order valence-electron chi connectivity index (χ1n) is 9.80. The second-order valence-corrected chi connectivity index (χ2v) is 7.45. The first kappa shape index (κ1) is 17.8. The molecule has 1 N–H and O–H groups in total. The summed E-state index contributed by atoms with van der Waals surface area (Å²) >= 11 is 0. The van der Waals surface area contributed by atoms with Crippen molar-refractivity contribution in [1.29, 1.82) is 0 Å². The van der Waals surface area contributed by atoms with E-state index in [1.165, 1.54) is 22.3 Å². The fraction of sp³-hybridized carbons (Fsp3) is 0.208. The average Bonchev–Trinajstić information content (AvgIpc) is 3.14. The molecule has 0 saturated heterocycles. The van der Waals surface area contributed by atoms with Crippen LogP contribution in [0.1, 0.15) is 18.1 Å². The van der Waals surface area contributed by atoms with Crippen molar-refractivity contribution < 1.29 is 14.3 Å². The molecular formula is C24H22N2O3. The average molecular weight is 386 g/mol. The van der Waals surface area contributed by atoms with E-state index in [9.17, 15) is 4.79 Å². The van der Waals surface area contributed by atoms with Gasteiger partial charge in [-0.1, -0.05) is 48.5 Å². The Kier molecular flexibility index (Phi) is 4.45. The number of carbonyl (C=O) groups excluding carboxylic acids is 1. The lowest BCUT2D eigenvalue weighted by molar-refractivity contribution is -0.121. The quantitative estimate of drug-likeness (QED) is 0.724. The number of hydrogen-bond donors (Lipinski definition) is 1. The Morgan fingerprint density at radius 3 is 2.21 bits per heavy atom. The zero-order valence-corrected chi connectivity index (χ0v) is 16.2. The first-order valence-corrected chi connectivity index (χ1v) is 9.80. The molecule has 0 radical (unpaired) electrons. The largest absolute Gasteiger partial charge is 0.454 e. The predicted molar refractivity (Wildman–Crippen MR) is 112 cm³/mol. The van der Waals surface area contributed by atoms with Crippen LogP contribution < -0.4 is 14.8 Å². The van der Waals surface area contributed by atoms with Crippen molar-refractivity contribution in [2.45, 2.75) is 26.1 Å². The van der Waals surface area contributed by atoms with E-state index >= 15 is 0 Å². The zero-order valence-electron chi connectivity index (χ0n) is 16.2. The lowest BCUT2D eigenvalue weighted by atomic mass is 9.97. The van der Waals surface area contributed by atoms with Gasteiger partial charge in [0, 0.05) is 24.8 Å². The monoisotopic (exact) mass is 386 g/mol. The standard InChI is InChI=1S/C24H22N2O3/c1-16(24(27)25-19-10-11-22-23(12-19)29-15-28-22)26-13-17-6-2-4-8-20(17)21-9-5-3-7-18(21)14-26/h2-12,16H,13-15H2,1H3,(H,25,27). The molecule has 2 aliphatic rings. The SMILES string of the molecule is CC(C(=O)Nc1ccc2c(c1)OCO2)N1Cc2ccccc2-c2ccccc2C1. The van der Waals surface area contributed by atoms with Gasteiger partial charge in [-0.05, 0) is 41.3 Å². The molecule has 5 rings (SSSR count). The molecule has 2 aliphatic heterocycles. The van der Waals surface area contributed by atoms with Gasteiger partial charge in [0.15, 0.2) is 11.5 Å². The molecule has 2 heterocycles. The third-order valence-corrected chi connectivity index (χ3v) is 5.64. The fourth-order valence-corrected chi connectivity index (χ4v) is 4.00. The summed E-state index contributed by atoms with van der Waals surface area (Å²) < 4.78 is 10.7. The second kappa shape index (κ2) is 7.26. The molecule has 0 bridgehead atoms. The minimum atomic E-state index is -0.292. The van der Waals surface area contributed by atoms with Crippen LogP contribution in [0.4, 0.5) is 5.69 Å². The van der Waals surface area contributed by atoms with Crippen molar-refractivity contribution in [2.24, 2.45) is 0 Å². The summed E-state index contributed by atoms with van der Waals surface area (Å²) in [4.78, 5) is 15.2. The molecule has 0 aliphatic carbocycles. The van der Waals surface area contributed by atoms with Gasteiger partial charge < -0.3 is 14.8 Å². The van der Waals surface area contributed by atoms with Gasteiger partial charge in [-0.25, -0.2) is 0 Å². The molecule has 29 heavy (non-hydrogen) atoms. The maximum absolute atomic E-state index is 13.0. The normalized spacial score (nSPS) is 15.8. The van der Waals surface area contributed by atoms with Crippen molar-refractivity contribution in [2.75, 3.05) is 12.1 Å². The van der Waals surface area contributed by atoms with E-state index in [4.69, 9.17) is 9.47 Å². The van der Waals surface area contributed by atoms with Crippen molar-refractivity contribution in [3.05, 3.63) is 77.9 Å². The Labute approximate surface area is 169 Å². The summed E-state index contributed by atoms with van der Waals surface area (Å²) in [6, 6.07) is 22.0. The van der Waals surface area contributed by atoms with E-state index < -0.39 is 0 Å². The molecule has 0 spiro atoms. The molecule has 1 atom stereocenters. The highest BCUT2D eigenvalue weighted by Crippen LogP contribution is 2.35. The van der Waals surface area contributed by atoms with E-state index in [0.29, 0.717) is 17.2 Å². The van der Waals surface area contributed by atoms with Gasteiger partial charge in [0.25, 0.3) is 0 Å². The molecule has 146 valence electrons. The number of fused-ring (bicyclic) bond motifs is 4. The van der Waals surface area contributed by atoms with Crippen molar-refractivity contribution >= 4 is 11.6 Å². The van der Waals surface area contributed by atoms with Gasteiger partial charge >= 0.3 is 0 Å². The van der Waals surface area contributed by atoms with Crippen LogP contribution in [-0.2, 0) is 17.9 Å². The molecule has 0 aromatic heterocycles. The van der Waals surface area contributed by atoms with Gasteiger partial charge in [0.2, 0.25) is 12.7 Å². The van der Waals surface area contributed by atoms with Crippen LogP contribution in [-0.4, -0.2) is 23.6 Å².